The molecule has 1 atom stereocenters. The van der Waals surface area contributed by atoms with Gasteiger partial charge in [-0.1, -0.05) is 18.2 Å². The van der Waals surface area contributed by atoms with E-state index < -0.39 is 0 Å². The van der Waals surface area contributed by atoms with Gasteiger partial charge in [0.1, 0.15) is 5.75 Å². The van der Waals surface area contributed by atoms with E-state index in [1.54, 1.807) is 32.5 Å². The lowest BCUT2D eigenvalue weighted by atomic mass is 10.0. The van der Waals surface area contributed by atoms with Gasteiger partial charge in [0.05, 0.1) is 32.1 Å². The fourth-order valence-electron chi connectivity index (χ4n) is 2.45. The van der Waals surface area contributed by atoms with E-state index in [1.807, 2.05) is 43.3 Å². The monoisotopic (exact) mass is 344 g/mol. The van der Waals surface area contributed by atoms with Crippen LogP contribution in [-0.2, 0) is 0 Å². The average molecular weight is 344 g/mol. The summed E-state index contributed by atoms with van der Waals surface area (Å²) in [6.07, 6.45) is 1.54. The first-order chi connectivity index (χ1) is 12.0. The molecule has 0 unspecified atom stereocenters. The molecule has 134 valence electrons. The van der Waals surface area contributed by atoms with Crippen LogP contribution in [0.15, 0.2) is 42.6 Å². The quantitative estimate of drug-likeness (QED) is 0.807. The molecule has 0 aliphatic carbocycles. The highest BCUT2D eigenvalue weighted by molar-refractivity contribution is 5.89. The first kappa shape index (κ1) is 18.5. The Kier molecular flexibility index (Phi) is 6.59. The molecule has 0 bridgehead atoms. The van der Waals surface area contributed by atoms with E-state index in [2.05, 4.69) is 15.6 Å². The summed E-state index contributed by atoms with van der Waals surface area (Å²) in [6.45, 7) is 0.433. The number of urea groups is 1. The standard InChI is InChI=1S/C18H24N4O3/c1-22(2)15(14-7-5-6-8-16(14)24-3)12-20-18(23)21-13-9-10-17(25-4)19-11-13/h5-11,15H,12H2,1-4H3,(H2,20,21,23)/t15-/m1/s1. The van der Waals surface area contributed by atoms with E-state index in [9.17, 15) is 4.79 Å². The predicted octanol–water partition coefficient (Wildman–Crippen LogP) is 2.52. The lowest BCUT2D eigenvalue weighted by molar-refractivity contribution is 0.242. The summed E-state index contributed by atoms with van der Waals surface area (Å²) in [6, 6.07) is 10.9. The number of anilines is 1. The molecule has 1 aromatic heterocycles. The van der Waals surface area contributed by atoms with Crippen molar-refractivity contribution in [3.05, 3.63) is 48.2 Å². The van der Waals surface area contributed by atoms with Crippen LogP contribution in [0.4, 0.5) is 10.5 Å². The van der Waals surface area contributed by atoms with Crippen LogP contribution in [0.5, 0.6) is 11.6 Å². The molecule has 2 amide bonds. The number of nitrogens with one attached hydrogen (secondary N) is 2. The number of ether oxygens (including phenoxy) is 2. The van der Waals surface area contributed by atoms with E-state index in [4.69, 9.17) is 9.47 Å². The van der Waals surface area contributed by atoms with Crippen molar-refractivity contribution in [3.63, 3.8) is 0 Å². The van der Waals surface area contributed by atoms with Gasteiger partial charge < -0.3 is 25.0 Å². The number of amides is 2. The summed E-state index contributed by atoms with van der Waals surface area (Å²) >= 11 is 0. The van der Waals surface area contributed by atoms with Gasteiger partial charge in [0.2, 0.25) is 5.88 Å². The molecular weight excluding hydrogens is 320 g/mol. The van der Waals surface area contributed by atoms with E-state index in [-0.39, 0.29) is 12.1 Å². The molecule has 7 heteroatoms. The largest absolute Gasteiger partial charge is 0.496 e. The zero-order valence-electron chi connectivity index (χ0n) is 14.9. The van der Waals surface area contributed by atoms with Crippen molar-refractivity contribution in [1.29, 1.82) is 0 Å². The van der Waals surface area contributed by atoms with Crippen LogP contribution in [0.1, 0.15) is 11.6 Å². The molecular formula is C18H24N4O3. The molecule has 0 aliphatic rings. The van der Waals surface area contributed by atoms with Crippen molar-refractivity contribution in [1.82, 2.24) is 15.2 Å². The van der Waals surface area contributed by atoms with Gasteiger partial charge in [-0.25, -0.2) is 9.78 Å². The number of para-hydroxylation sites is 1. The summed E-state index contributed by atoms with van der Waals surface area (Å²) in [5, 5.41) is 5.63. The molecule has 1 aromatic carbocycles. The van der Waals surface area contributed by atoms with Crippen molar-refractivity contribution >= 4 is 11.7 Å². The van der Waals surface area contributed by atoms with Gasteiger partial charge in [-0.3, -0.25) is 0 Å². The molecule has 0 fully saturated rings. The van der Waals surface area contributed by atoms with E-state index in [1.165, 1.54) is 0 Å². The van der Waals surface area contributed by atoms with Crippen molar-refractivity contribution in [2.24, 2.45) is 0 Å². The Balaban J connectivity index is 1.99. The Labute approximate surface area is 148 Å². The van der Waals surface area contributed by atoms with Gasteiger partial charge >= 0.3 is 6.03 Å². The van der Waals surface area contributed by atoms with Gasteiger partial charge in [-0.15, -0.1) is 0 Å². The molecule has 2 aromatic rings. The van der Waals surface area contributed by atoms with Crippen molar-refractivity contribution in [2.75, 3.05) is 40.2 Å². The number of carbonyl (C=O) groups is 1. The van der Waals surface area contributed by atoms with Gasteiger partial charge in [0.25, 0.3) is 0 Å². The second kappa shape index (κ2) is 8.89. The topological polar surface area (TPSA) is 75.7 Å². The molecule has 1 heterocycles. The minimum atomic E-state index is -0.297. The highest BCUT2D eigenvalue weighted by Gasteiger charge is 2.19. The fraction of sp³-hybridized carbons (Fsp3) is 0.333. The third-order valence-electron chi connectivity index (χ3n) is 3.78. The van der Waals surface area contributed by atoms with Crippen molar-refractivity contribution < 1.29 is 14.3 Å². The fourth-order valence-corrected chi connectivity index (χ4v) is 2.45. The van der Waals surface area contributed by atoms with E-state index >= 15 is 0 Å². The summed E-state index contributed by atoms with van der Waals surface area (Å²) in [4.78, 5) is 18.2. The molecule has 25 heavy (non-hydrogen) atoms. The third-order valence-corrected chi connectivity index (χ3v) is 3.78. The molecule has 2 N–H and O–H groups in total. The molecule has 0 radical (unpaired) electrons. The number of nitrogens with zero attached hydrogens (tertiary/aromatic N) is 2. The minimum absolute atomic E-state index is 0.0177. The van der Waals surface area contributed by atoms with E-state index in [0.717, 1.165) is 11.3 Å². The number of hydrogen-bond acceptors (Lipinski definition) is 5. The molecule has 7 nitrogen and oxygen atoms in total. The minimum Gasteiger partial charge on any atom is -0.496 e. The Morgan fingerprint density at radius 2 is 1.92 bits per heavy atom. The van der Waals surface area contributed by atoms with Crippen LogP contribution in [0.3, 0.4) is 0 Å². The molecule has 0 spiro atoms. The highest BCUT2D eigenvalue weighted by Crippen LogP contribution is 2.27. The first-order valence-electron chi connectivity index (χ1n) is 7.89. The van der Waals surface area contributed by atoms with Crippen LogP contribution >= 0.6 is 0 Å². The molecule has 0 saturated heterocycles. The van der Waals surface area contributed by atoms with Crippen molar-refractivity contribution in [3.8, 4) is 11.6 Å². The highest BCUT2D eigenvalue weighted by atomic mass is 16.5. The molecule has 2 rings (SSSR count). The lowest BCUT2D eigenvalue weighted by Crippen LogP contribution is -2.37. The summed E-state index contributed by atoms with van der Waals surface area (Å²) in [5.41, 5.74) is 1.61. The number of carbonyl (C=O) groups excluding carboxylic acids is 1. The number of likely N-dealkylation sites (N-methyl/N-ethyl adjacent to an activating group) is 1. The Bertz CT molecular complexity index is 689. The number of pyridine rings is 1. The maximum Gasteiger partial charge on any atom is 0.319 e. The van der Waals surface area contributed by atoms with Gasteiger partial charge in [0, 0.05) is 18.2 Å². The van der Waals surface area contributed by atoms with Crippen LogP contribution in [0, 0.1) is 0 Å². The molecule has 0 saturated carbocycles. The maximum atomic E-state index is 12.1. The zero-order chi connectivity index (χ0) is 18.2. The Morgan fingerprint density at radius 3 is 2.52 bits per heavy atom. The van der Waals surface area contributed by atoms with Crippen LogP contribution in [0.25, 0.3) is 0 Å². The smallest absolute Gasteiger partial charge is 0.319 e. The zero-order valence-corrected chi connectivity index (χ0v) is 14.9. The predicted molar refractivity (Wildman–Crippen MR) is 97.2 cm³/mol. The summed E-state index contributed by atoms with van der Waals surface area (Å²) in [5.74, 6) is 1.29. The third kappa shape index (κ3) is 5.09. The lowest BCUT2D eigenvalue weighted by Gasteiger charge is -2.26. The van der Waals surface area contributed by atoms with Crippen LogP contribution in [0.2, 0.25) is 0 Å². The van der Waals surface area contributed by atoms with Gasteiger partial charge in [-0.05, 0) is 26.2 Å². The van der Waals surface area contributed by atoms with Gasteiger partial charge in [-0.2, -0.15) is 0 Å². The Hall–Kier alpha value is -2.80. The van der Waals surface area contributed by atoms with Crippen molar-refractivity contribution in [2.45, 2.75) is 6.04 Å². The van der Waals surface area contributed by atoms with Crippen LogP contribution in [-0.4, -0.2) is 50.8 Å². The second-order valence-corrected chi connectivity index (χ2v) is 5.65. The SMILES string of the molecule is COc1ccc(NC(=O)NC[C@H](c2ccccc2OC)N(C)C)cn1. The number of rotatable bonds is 7. The number of methoxy groups -OCH3 is 2. The van der Waals surface area contributed by atoms with Crippen LogP contribution < -0.4 is 20.1 Å². The first-order valence-corrected chi connectivity index (χ1v) is 7.89. The second-order valence-electron chi connectivity index (χ2n) is 5.65. The average Bonchev–Trinajstić information content (AvgIpc) is 2.62. The number of benzene rings is 1. The van der Waals surface area contributed by atoms with E-state index in [0.29, 0.717) is 18.1 Å². The summed E-state index contributed by atoms with van der Waals surface area (Å²) in [7, 11) is 7.11. The van der Waals surface area contributed by atoms with Gasteiger partial charge in [0.15, 0.2) is 0 Å². The normalized spacial score (nSPS) is 11.7. The maximum absolute atomic E-state index is 12.1. The molecule has 0 aliphatic heterocycles. The summed E-state index contributed by atoms with van der Waals surface area (Å²) < 4.78 is 10.4. The Morgan fingerprint density at radius 1 is 1.16 bits per heavy atom. The number of aromatic nitrogens is 1. The number of hydrogen-bond donors (Lipinski definition) is 2.